The van der Waals surface area contributed by atoms with Crippen molar-refractivity contribution in [3.8, 4) is 11.5 Å². The van der Waals surface area contributed by atoms with Crippen molar-refractivity contribution >= 4 is 0 Å². The van der Waals surface area contributed by atoms with Gasteiger partial charge in [0.25, 0.3) is 5.89 Å². The quantitative estimate of drug-likeness (QED) is 0.897. The lowest BCUT2D eigenvalue weighted by atomic mass is 10.0. The summed E-state index contributed by atoms with van der Waals surface area (Å²) in [5.74, 6) is 1.43. The fourth-order valence-corrected chi connectivity index (χ4v) is 2.70. The van der Waals surface area contributed by atoms with E-state index in [1.54, 1.807) is 0 Å². The molecule has 4 heteroatoms. The molecule has 1 aliphatic rings. The first-order valence-corrected chi connectivity index (χ1v) is 6.89. The number of piperidine rings is 1. The monoisotopic (exact) mass is 257 g/mol. The third kappa shape index (κ3) is 2.40. The molecule has 1 unspecified atom stereocenters. The second-order valence-corrected chi connectivity index (χ2v) is 5.23. The van der Waals surface area contributed by atoms with E-state index >= 15 is 0 Å². The minimum Gasteiger partial charge on any atom is -0.334 e. The summed E-state index contributed by atoms with van der Waals surface area (Å²) in [5.41, 5.74) is 3.41. The number of aryl methyl sites for hydroxylation is 2. The maximum Gasteiger partial charge on any atom is 0.258 e. The molecule has 1 N–H and O–H groups in total. The molecule has 2 heterocycles. The second-order valence-electron chi connectivity index (χ2n) is 5.23. The summed E-state index contributed by atoms with van der Waals surface area (Å²) in [6.45, 7) is 5.19. The van der Waals surface area contributed by atoms with Gasteiger partial charge in [-0.15, -0.1) is 0 Å². The van der Waals surface area contributed by atoms with Crippen LogP contribution in [0, 0.1) is 13.8 Å². The fourth-order valence-electron chi connectivity index (χ4n) is 2.70. The van der Waals surface area contributed by atoms with E-state index in [4.69, 9.17) is 4.52 Å². The molecule has 0 spiro atoms. The van der Waals surface area contributed by atoms with Gasteiger partial charge >= 0.3 is 0 Å². The van der Waals surface area contributed by atoms with Crippen molar-refractivity contribution in [1.29, 1.82) is 0 Å². The van der Waals surface area contributed by atoms with Gasteiger partial charge in [0.1, 0.15) is 0 Å². The molecular formula is C15H19N3O. The first-order valence-electron chi connectivity index (χ1n) is 6.89. The standard InChI is InChI=1S/C15H19N3O/c1-10-6-5-7-11(2)13(10)15-17-14(18-19-15)12-8-3-4-9-16-12/h5-7,12,16H,3-4,8-9H2,1-2H3. The minimum absolute atomic E-state index is 0.246. The number of nitrogens with one attached hydrogen (secondary N) is 1. The number of nitrogens with zero attached hydrogens (tertiary/aromatic N) is 2. The summed E-state index contributed by atoms with van der Waals surface area (Å²) in [7, 11) is 0. The van der Waals surface area contributed by atoms with Gasteiger partial charge in [0.05, 0.1) is 6.04 Å². The molecule has 19 heavy (non-hydrogen) atoms. The summed E-state index contributed by atoms with van der Waals surface area (Å²) >= 11 is 0. The molecule has 0 amide bonds. The van der Waals surface area contributed by atoms with E-state index in [0.29, 0.717) is 5.89 Å². The van der Waals surface area contributed by atoms with Crippen LogP contribution >= 0.6 is 0 Å². The molecule has 1 aromatic heterocycles. The number of rotatable bonds is 2. The zero-order valence-corrected chi connectivity index (χ0v) is 11.4. The predicted octanol–water partition coefficient (Wildman–Crippen LogP) is 3.17. The number of aromatic nitrogens is 2. The molecule has 1 atom stereocenters. The second kappa shape index (κ2) is 5.13. The lowest BCUT2D eigenvalue weighted by Crippen LogP contribution is -2.27. The molecule has 0 bridgehead atoms. The number of benzene rings is 1. The Kier molecular flexibility index (Phi) is 3.34. The molecule has 3 rings (SSSR count). The van der Waals surface area contributed by atoms with Crippen molar-refractivity contribution in [3.63, 3.8) is 0 Å². The third-order valence-electron chi connectivity index (χ3n) is 3.76. The van der Waals surface area contributed by atoms with Gasteiger partial charge in [-0.25, -0.2) is 0 Å². The van der Waals surface area contributed by atoms with Gasteiger partial charge in [-0.2, -0.15) is 4.98 Å². The van der Waals surface area contributed by atoms with Crippen LogP contribution in [-0.2, 0) is 0 Å². The van der Waals surface area contributed by atoms with Crippen LogP contribution in [0.2, 0.25) is 0 Å². The van der Waals surface area contributed by atoms with Gasteiger partial charge in [0, 0.05) is 5.56 Å². The average molecular weight is 257 g/mol. The van der Waals surface area contributed by atoms with E-state index in [-0.39, 0.29) is 6.04 Å². The molecule has 2 aromatic rings. The van der Waals surface area contributed by atoms with Gasteiger partial charge in [0.2, 0.25) is 0 Å². The lowest BCUT2D eigenvalue weighted by Gasteiger charge is -2.19. The third-order valence-corrected chi connectivity index (χ3v) is 3.76. The summed E-state index contributed by atoms with van der Waals surface area (Å²) in [6.07, 6.45) is 3.55. The van der Waals surface area contributed by atoms with Crippen LogP contribution in [0.15, 0.2) is 22.7 Å². The van der Waals surface area contributed by atoms with Gasteiger partial charge in [-0.3, -0.25) is 0 Å². The highest BCUT2D eigenvalue weighted by Gasteiger charge is 2.21. The van der Waals surface area contributed by atoms with Crippen LogP contribution in [0.1, 0.15) is 42.3 Å². The maximum atomic E-state index is 5.46. The van der Waals surface area contributed by atoms with Crippen molar-refractivity contribution in [2.24, 2.45) is 0 Å². The number of hydrogen-bond donors (Lipinski definition) is 1. The largest absolute Gasteiger partial charge is 0.334 e. The molecule has 1 saturated heterocycles. The van der Waals surface area contributed by atoms with Gasteiger partial charge in [0.15, 0.2) is 5.82 Å². The molecule has 1 aromatic carbocycles. The Labute approximate surface area is 113 Å². The zero-order valence-electron chi connectivity index (χ0n) is 11.4. The van der Waals surface area contributed by atoms with Gasteiger partial charge < -0.3 is 9.84 Å². The van der Waals surface area contributed by atoms with Gasteiger partial charge in [-0.05, 0) is 44.4 Å². The first-order chi connectivity index (χ1) is 9.25. The molecule has 0 radical (unpaired) electrons. The van der Waals surface area contributed by atoms with Crippen molar-refractivity contribution in [2.75, 3.05) is 6.54 Å². The highest BCUT2D eigenvalue weighted by molar-refractivity contribution is 5.62. The molecule has 1 fully saturated rings. The van der Waals surface area contributed by atoms with Crippen LogP contribution in [0.4, 0.5) is 0 Å². The Morgan fingerprint density at radius 1 is 1.21 bits per heavy atom. The zero-order chi connectivity index (χ0) is 13.2. The predicted molar refractivity (Wildman–Crippen MR) is 73.8 cm³/mol. The molecule has 0 aliphatic carbocycles. The van der Waals surface area contributed by atoms with Crippen molar-refractivity contribution < 1.29 is 4.52 Å². The first kappa shape index (κ1) is 12.4. The highest BCUT2D eigenvalue weighted by atomic mass is 16.5. The van der Waals surface area contributed by atoms with Crippen molar-refractivity contribution in [3.05, 3.63) is 35.2 Å². The van der Waals surface area contributed by atoms with E-state index in [0.717, 1.165) is 24.4 Å². The fraction of sp³-hybridized carbons (Fsp3) is 0.467. The average Bonchev–Trinajstić information content (AvgIpc) is 2.89. The minimum atomic E-state index is 0.246. The van der Waals surface area contributed by atoms with E-state index in [9.17, 15) is 0 Å². The molecule has 100 valence electrons. The van der Waals surface area contributed by atoms with Crippen LogP contribution < -0.4 is 5.32 Å². The van der Waals surface area contributed by atoms with Crippen molar-refractivity contribution in [1.82, 2.24) is 15.5 Å². The maximum absolute atomic E-state index is 5.46. The summed E-state index contributed by atoms with van der Waals surface area (Å²) in [6, 6.07) is 6.44. The lowest BCUT2D eigenvalue weighted by molar-refractivity contribution is 0.367. The smallest absolute Gasteiger partial charge is 0.258 e. The van der Waals surface area contributed by atoms with Crippen molar-refractivity contribution in [2.45, 2.75) is 39.2 Å². The Morgan fingerprint density at radius 2 is 2.00 bits per heavy atom. The Bertz CT molecular complexity index is 550. The summed E-state index contributed by atoms with van der Waals surface area (Å²) in [5, 5.41) is 7.59. The Morgan fingerprint density at radius 3 is 2.68 bits per heavy atom. The molecular weight excluding hydrogens is 238 g/mol. The van der Waals surface area contributed by atoms with Gasteiger partial charge in [-0.1, -0.05) is 29.8 Å². The molecule has 0 saturated carbocycles. The van der Waals surface area contributed by atoms with E-state index in [1.165, 1.54) is 24.0 Å². The Balaban J connectivity index is 1.92. The van der Waals surface area contributed by atoms with Crippen LogP contribution in [0.3, 0.4) is 0 Å². The SMILES string of the molecule is Cc1cccc(C)c1-c1nc(C2CCCCN2)no1. The molecule has 4 nitrogen and oxygen atoms in total. The van der Waals surface area contributed by atoms with E-state index < -0.39 is 0 Å². The topological polar surface area (TPSA) is 51.0 Å². The van der Waals surface area contributed by atoms with Crippen LogP contribution in [0.5, 0.6) is 0 Å². The highest BCUT2D eigenvalue weighted by Crippen LogP contribution is 2.28. The normalized spacial score (nSPS) is 19.6. The number of hydrogen-bond acceptors (Lipinski definition) is 4. The summed E-state index contributed by atoms with van der Waals surface area (Å²) in [4.78, 5) is 4.59. The van der Waals surface area contributed by atoms with E-state index in [2.05, 4.69) is 41.4 Å². The summed E-state index contributed by atoms with van der Waals surface area (Å²) < 4.78 is 5.46. The van der Waals surface area contributed by atoms with Crippen LogP contribution in [0.25, 0.3) is 11.5 Å². The molecule has 1 aliphatic heterocycles. The van der Waals surface area contributed by atoms with Crippen LogP contribution in [-0.4, -0.2) is 16.7 Å². The van der Waals surface area contributed by atoms with E-state index in [1.807, 2.05) is 6.07 Å². The Hall–Kier alpha value is -1.68.